The molecule has 0 unspecified atom stereocenters. The molecule has 0 spiro atoms. The molecular weight excluding hydrogens is 223 g/mol. The predicted molar refractivity (Wildman–Crippen MR) is 63.7 cm³/mol. The Morgan fingerprint density at radius 2 is 1.23 bits per heavy atom. The first kappa shape index (κ1) is 13.5. The molecule has 0 aliphatic rings. The van der Waals surface area contributed by atoms with E-state index in [9.17, 15) is 0 Å². The molecule has 0 fully saturated rings. The van der Waals surface area contributed by atoms with Crippen LogP contribution in [0.1, 0.15) is 65.2 Å². The van der Waals surface area contributed by atoms with Gasteiger partial charge in [0.25, 0.3) is 0 Å². The van der Waals surface area contributed by atoms with Crippen molar-refractivity contribution in [3.63, 3.8) is 0 Å². The molecule has 0 aliphatic heterocycles. The second-order valence-corrected chi connectivity index (χ2v) is 6.60. The molecule has 0 heterocycles. The van der Waals surface area contributed by atoms with Crippen molar-refractivity contribution in [1.29, 1.82) is 0 Å². The van der Waals surface area contributed by atoms with E-state index in [0.29, 0.717) is 0 Å². The van der Waals surface area contributed by atoms with E-state index >= 15 is 0 Å². The zero-order valence-electron chi connectivity index (χ0n) is 9.48. The quantitative estimate of drug-likeness (QED) is 0.389. The summed E-state index contributed by atoms with van der Waals surface area (Å²) >= 11 is 0.961. The summed E-state index contributed by atoms with van der Waals surface area (Å²) in [5.74, 6) is 0. The van der Waals surface area contributed by atoms with Crippen molar-refractivity contribution in [3.05, 3.63) is 0 Å². The number of unbranched alkanes of at least 4 members (excludes halogenated alkanes) is 7. The maximum absolute atomic E-state index is 2.31. The van der Waals surface area contributed by atoms with Crippen LogP contribution in [0.25, 0.3) is 0 Å². The van der Waals surface area contributed by atoms with Crippen LogP contribution in [-0.4, -0.2) is 15.0 Å². The van der Waals surface area contributed by atoms with Crippen LogP contribution in [0, 0.1) is 0 Å². The van der Waals surface area contributed by atoms with E-state index in [1.165, 1.54) is 62.0 Å². The molecule has 0 bridgehead atoms. The molecule has 0 radical (unpaired) electrons. The molecule has 0 atom stereocenters. The first-order valence-corrected chi connectivity index (χ1v) is 8.41. The minimum atomic E-state index is 0.961. The minimum absolute atomic E-state index is 0.961. The van der Waals surface area contributed by atoms with Crippen LogP contribution in [0.2, 0.25) is 10.6 Å². The molecule has 0 saturated carbocycles. The van der Waals surface area contributed by atoms with E-state index in [4.69, 9.17) is 0 Å². The third kappa shape index (κ3) is 12.5. The van der Waals surface area contributed by atoms with Crippen LogP contribution in [-0.2, 0) is 0 Å². The zero-order chi connectivity index (χ0) is 9.78. The van der Waals surface area contributed by atoms with E-state index in [2.05, 4.69) is 13.8 Å². The molecule has 0 saturated heterocycles. The fourth-order valence-corrected chi connectivity index (χ4v) is 2.94. The molecule has 0 rings (SSSR count). The van der Waals surface area contributed by atoms with Gasteiger partial charge in [0.2, 0.25) is 0 Å². The first-order valence-electron chi connectivity index (χ1n) is 5.99. The summed E-state index contributed by atoms with van der Waals surface area (Å²) in [6, 6.07) is 0. The van der Waals surface area contributed by atoms with Crippen molar-refractivity contribution in [2.75, 3.05) is 0 Å². The van der Waals surface area contributed by atoms with Crippen molar-refractivity contribution in [1.82, 2.24) is 0 Å². The average molecular weight is 249 g/mol. The summed E-state index contributed by atoms with van der Waals surface area (Å²) in [7, 11) is 0. The van der Waals surface area contributed by atoms with E-state index in [1.54, 1.807) is 0 Å². The Balaban J connectivity index is 2.76. The zero-order valence-corrected chi connectivity index (χ0v) is 11.2. The Bertz CT molecular complexity index is 71.2. The number of hydrogen-bond donors (Lipinski definition) is 0. The van der Waals surface area contributed by atoms with Crippen molar-refractivity contribution in [2.45, 2.75) is 75.9 Å². The molecule has 0 aromatic carbocycles. The first-order chi connectivity index (χ1) is 6.41. The second-order valence-electron chi connectivity index (χ2n) is 3.67. The topological polar surface area (TPSA) is 0 Å². The molecular formula is C12H26Se. The van der Waals surface area contributed by atoms with E-state index in [1.807, 2.05) is 0 Å². The second kappa shape index (κ2) is 12.5. The van der Waals surface area contributed by atoms with Gasteiger partial charge < -0.3 is 0 Å². The van der Waals surface area contributed by atoms with Gasteiger partial charge in [0, 0.05) is 0 Å². The van der Waals surface area contributed by atoms with Crippen LogP contribution in [0.15, 0.2) is 0 Å². The van der Waals surface area contributed by atoms with E-state index < -0.39 is 0 Å². The van der Waals surface area contributed by atoms with Gasteiger partial charge in [-0.05, 0) is 0 Å². The molecule has 0 amide bonds. The molecule has 0 N–H and O–H groups in total. The standard InChI is InChI=1S/C12H26Se/c1-3-5-6-7-8-9-10-11-12-13-4-2/h3-12H2,1-2H3. The van der Waals surface area contributed by atoms with Crippen LogP contribution in [0.4, 0.5) is 0 Å². The molecule has 0 aromatic heterocycles. The molecule has 13 heavy (non-hydrogen) atoms. The fourth-order valence-electron chi connectivity index (χ4n) is 1.48. The van der Waals surface area contributed by atoms with Gasteiger partial charge in [-0.3, -0.25) is 0 Å². The molecule has 0 aliphatic carbocycles. The third-order valence-corrected chi connectivity index (χ3v) is 4.41. The maximum atomic E-state index is 2.31. The van der Waals surface area contributed by atoms with Crippen molar-refractivity contribution < 1.29 is 0 Å². The SMILES string of the molecule is CCCCCCCCCC[Se]CC. The Morgan fingerprint density at radius 3 is 1.77 bits per heavy atom. The normalized spacial score (nSPS) is 10.6. The van der Waals surface area contributed by atoms with Crippen molar-refractivity contribution in [2.24, 2.45) is 0 Å². The number of rotatable bonds is 10. The predicted octanol–water partition coefficient (Wildman–Crippen LogP) is 4.69. The Labute approximate surface area is 91.0 Å². The van der Waals surface area contributed by atoms with Crippen molar-refractivity contribution in [3.8, 4) is 0 Å². The Kier molecular flexibility index (Phi) is 13.0. The summed E-state index contributed by atoms with van der Waals surface area (Å²) in [4.78, 5) is 0. The summed E-state index contributed by atoms with van der Waals surface area (Å²) < 4.78 is 0. The third-order valence-electron chi connectivity index (χ3n) is 2.35. The summed E-state index contributed by atoms with van der Waals surface area (Å²) in [6.45, 7) is 4.59. The Hall–Kier alpha value is 0.519. The molecule has 0 nitrogen and oxygen atoms in total. The Morgan fingerprint density at radius 1 is 0.692 bits per heavy atom. The van der Waals surface area contributed by atoms with Gasteiger partial charge >= 0.3 is 90.8 Å². The average Bonchev–Trinajstić information content (AvgIpc) is 2.16. The molecule has 1 heteroatoms. The van der Waals surface area contributed by atoms with Crippen LogP contribution < -0.4 is 0 Å². The van der Waals surface area contributed by atoms with E-state index in [-0.39, 0.29) is 0 Å². The number of hydrogen-bond acceptors (Lipinski definition) is 0. The van der Waals surface area contributed by atoms with Crippen LogP contribution in [0.3, 0.4) is 0 Å². The van der Waals surface area contributed by atoms with Gasteiger partial charge in [-0.2, -0.15) is 0 Å². The van der Waals surface area contributed by atoms with Crippen LogP contribution >= 0.6 is 0 Å². The van der Waals surface area contributed by atoms with Gasteiger partial charge in [-0.15, -0.1) is 0 Å². The van der Waals surface area contributed by atoms with Gasteiger partial charge in [0.05, 0.1) is 0 Å². The van der Waals surface area contributed by atoms with Crippen LogP contribution in [0.5, 0.6) is 0 Å². The molecule has 0 aromatic rings. The monoisotopic (exact) mass is 250 g/mol. The summed E-state index contributed by atoms with van der Waals surface area (Å²) in [5.41, 5.74) is 0. The molecule has 80 valence electrons. The van der Waals surface area contributed by atoms with Gasteiger partial charge in [0.15, 0.2) is 0 Å². The van der Waals surface area contributed by atoms with Crippen molar-refractivity contribution >= 4 is 15.0 Å². The van der Waals surface area contributed by atoms with E-state index in [0.717, 1.165) is 15.0 Å². The van der Waals surface area contributed by atoms with Gasteiger partial charge in [-0.25, -0.2) is 0 Å². The summed E-state index contributed by atoms with van der Waals surface area (Å²) in [6.07, 6.45) is 11.7. The summed E-state index contributed by atoms with van der Waals surface area (Å²) in [5, 5.41) is 2.96. The fraction of sp³-hybridized carbons (Fsp3) is 1.00. The van der Waals surface area contributed by atoms with Gasteiger partial charge in [0.1, 0.15) is 0 Å². The van der Waals surface area contributed by atoms with Gasteiger partial charge in [-0.1, -0.05) is 0 Å².